The molecule has 0 radical (unpaired) electrons. The number of aliphatic hydroxyl groups is 2. The van der Waals surface area contributed by atoms with Crippen LogP contribution in [-0.4, -0.2) is 316 Å². The highest BCUT2D eigenvalue weighted by Gasteiger charge is 2.40. The number of phenols is 2. The molecule has 0 fully saturated rings. The molecular formula is C88H148N26O24S2. The molecule has 52 heteroatoms. The lowest BCUT2D eigenvalue weighted by atomic mass is 10.0. The average Bonchev–Trinajstić information content (AvgIpc) is 0.845. The molecule has 0 aliphatic rings. The zero-order valence-electron chi connectivity index (χ0n) is 80.3. The first kappa shape index (κ1) is 124. The van der Waals surface area contributed by atoms with Gasteiger partial charge in [-0.05, 0) is 213 Å². The Morgan fingerprint density at radius 3 is 1.04 bits per heavy atom. The Bertz CT molecular complexity index is 4360. The van der Waals surface area contributed by atoms with Crippen LogP contribution >= 0.6 is 23.5 Å². The van der Waals surface area contributed by atoms with Crippen molar-refractivity contribution in [3.63, 3.8) is 0 Å². The first-order valence-electron chi connectivity index (χ1n) is 46.3. The number of guanidine groups is 2. The number of hydrogen-bond donors (Lipinski definition) is 32. The van der Waals surface area contributed by atoms with Crippen LogP contribution in [-0.2, 0) is 99.1 Å². The normalized spacial score (nSPS) is 14.6. The minimum atomic E-state index is -2.12. The summed E-state index contributed by atoms with van der Waals surface area (Å²) in [6, 6.07) is -13.3. The van der Waals surface area contributed by atoms with E-state index in [-0.39, 0.29) is 159 Å². The van der Waals surface area contributed by atoms with Gasteiger partial charge in [0.05, 0.1) is 31.7 Å². The fourth-order valence-electron chi connectivity index (χ4n) is 13.9. The lowest BCUT2D eigenvalue weighted by molar-refractivity contribution is -0.143. The number of carboxylic acids is 2. The van der Waals surface area contributed by atoms with E-state index >= 15 is 0 Å². The largest absolute Gasteiger partial charge is 0.508 e. The summed E-state index contributed by atoms with van der Waals surface area (Å²) in [5.41, 5.74) is 40.8. The predicted molar refractivity (Wildman–Crippen MR) is 521 cm³/mol. The smallest absolute Gasteiger partial charge is 0.326 e. The van der Waals surface area contributed by atoms with E-state index in [9.17, 15) is 117 Å². The molecule has 2 rings (SSSR count). The first-order valence-corrected chi connectivity index (χ1v) is 49.1. The van der Waals surface area contributed by atoms with Gasteiger partial charge in [-0.1, -0.05) is 52.0 Å². The number of carbonyl (C=O) groups excluding carboxylic acids is 16. The highest BCUT2D eigenvalue weighted by molar-refractivity contribution is 7.98. The van der Waals surface area contributed by atoms with Crippen molar-refractivity contribution >= 4 is 142 Å². The van der Waals surface area contributed by atoms with Crippen LogP contribution in [0.3, 0.4) is 0 Å². The fraction of sp³-hybridized carbons (Fsp3) is 0.636. The molecule has 0 saturated heterocycles. The standard InChI is InChI=1S/C88H148N26O24S2/c1-47(2)40-62(109-74(125)56(17-9-12-34-90)102-73(124)55(16-8-11-33-89)103-78(129)60(29-30-68(93)119)107-81(132)63(42-50-21-25-52(117)26-22-50)101-69(120)45-100-72(123)54(92)31-38-139-6)80(131)105-59(20-15-37-99-88(96)97)77(128)113-67(46-115)84(135)108-61(32-39-140-7)79(130)114-71(49(5)116)85(136)111-65(44-70(121)122)83(134)104-57(18-10-13-35-91)75(126)110-64(43-51-23-27-53(118)28-24-51)82(133)106-58(19-14-36-98-87(94)95)76(127)112-66(86(137)138)41-48(3)4/h21-28,47-49,54-67,71,115-118H,8-20,29-46,89-92H2,1-7H3,(H2,93,119)(H,100,123)(H,101,120)(H,102,124)(H,103,129)(H,104,134)(H,105,131)(H,106,133)(H,107,132)(H,108,135)(H,109,125)(H,110,126)(H,111,136)(H,112,127)(H,113,128)(H,114,130)(H,121,122)(H,137,138)(H4,94,95,98)(H4,96,97,99)/t49-,54+,55+,56+,57+,58+,59+,60+,61+,62+,63+,64+,65+,66+,67-,71+/m1/s1. The molecule has 786 valence electrons. The Labute approximate surface area is 821 Å². The average molecular weight is 2020 g/mol. The SMILES string of the molecule is CSCC[C@H](NC(=O)[C@@H](CO)NC(=O)[C@H](CCCNC(=N)N)NC(=O)[C@H](CC(C)C)NC(=O)[C@H](CCCCN)NC(=O)[C@H](CCCCN)NC(=O)[C@H](CCC(N)=O)NC(=O)[C@H](Cc1ccc(O)cc1)NC(=O)CNC(=O)[C@@H](N)CCSC)C(=O)N[C@H](C(=O)N[C@@H](CC(=O)O)C(=O)N[C@@H](CCCCN)C(=O)N[C@@H](Cc1ccc(O)cc1)C(=O)N[C@@H](CCCNC(=N)N)C(=O)N[C@@H](CC(C)C)C(=O)O)[C@@H](C)O. The van der Waals surface area contributed by atoms with Gasteiger partial charge in [0.1, 0.15) is 96.1 Å². The minimum Gasteiger partial charge on any atom is -0.508 e. The van der Waals surface area contributed by atoms with Gasteiger partial charge in [0.25, 0.3) is 0 Å². The third-order valence-corrected chi connectivity index (χ3v) is 22.8. The number of amides is 16. The molecule has 0 aliphatic carbocycles. The molecule has 0 aromatic heterocycles. The number of unbranched alkanes of at least 4 members (excludes halogenated alkanes) is 3. The molecule has 2 aromatic rings. The summed E-state index contributed by atoms with van der Waals surface area (Å²) in [4.78, 5) is 252. The van der Waals surface area contributed by atoms with Gasteiger partial charge in [0.15, 0.2) is 11.9 Å². The fourth-order valence-corrected chi connectivity index (χ4v) is 14.9. The number of carboxylic acid groups (broad SMARTS) is 2. The molecule has 0 spiro atoms. The Morgan fingerprint density at radius 1 is 0.364 bits per heavy atom. The van der Waals surface area contributed by atoms with Crippen LogP contribution in [0.2, 0.25) is 0 Å². The second-order valence-electron chi connectivity index (χ2n) is 34.4. The molecule has 0 saturated carbocycles. The second kappa shape index (κ2) is 67.7. The van der Waals surface area contributed by atoms with E-state index in [1.807, 2.05) is 6.26 Å². The summed E-state index contributed by atoms with van der Waals surface area (Å²) in [7, 11) is 0. The summed E-state index contributed by atoms with van der Waals surface area (Å²) < 4.78 is 0. The van der Waals surface area contributed by atoms with Crippen molar-refractivity contribution < 1.29 is 117 Å². The van der Waals surface area contributed by atoms with Crippen molar-refractivity contribution in [1.29, 1.82) is 10.8 Å². The van der Waals surface area contributed by atoms with E-state index in [4.69, 9.17) is 51.0 Å². The van der Waals surface area contributed by atoms with Crippen LogP contribution in [0.4, 0.5) is 0 Å². The monoisotopic (exact) mass is 2020 g/mol. The topological polar surface area (TPSA) is 863 Å². The van der Waals surface area contributed by atoms with E-state index < -0.39 is 253 Å². The molecular weight excluding hydrogens is 1870 g/mol. The van der Waals surface area contributed by atoms with Gasteiger partial charge in [-0.3, -0.25) is 92.3 Å². The summed E-state index contributed by atoms with van der Waals surface area (Å²) in [6.45, 7) is 6.36. The summed E-state index contributed by atoms with van der Waals surface area (Å²) >= 11 is 2.62. The van der Waals surface area contributed by atoms with Gasteiger partial charge in [0, 0.05) is 32.4 Å². The molecule has 0 heterocycles. The first-order chi connectivity index (χ1) is 66.2. The van der Waals surface area contributed by atoms with Gasteiger partial charge >= 0.3 is 11.9 Å². The number of thioether (sulfide) groups is 2. The van der Waals surface area contributed by atoms with Crippen molar-refractivity contribution in [3.05, 3.63) is 59.7 Å². The number of hydrogen-bond acceptors (Lipinski definition) is 30. The van der Waals surface area contributed by atoms with Crippen LogP contribution in [0, 0.1) is 22.7 Å². The molecule has 2 aromatic carbocycles. The number of aliphatic carboxylic acids is 2. The van der Waals surface area contributed by atoms with Crippen LogP contribution in [0.15, 0.2) is 48.5 Å². The number of carbonyl (C=O) groups is 18. The number of primary amides is 1. The van der Waals surface area contributed by atoms with Crippen molar-refractivity contribution in [3.8, 4) is 11.5 Å². The van der Waals surface area contributed by atoms with Gasteiger partial charge in [-0.25, -0.2) is 4.79 Å². The zero-order chi connectivity index (χ0) is 105. The molecule has 50 nitrogen and oxygen atoms in total. The van der Waals surface area contributed by atoms with Crippen molar-refractivity contribution in [2.45, 2.75) is 273 Å². The van der Waals surface area contributed by atoms with Crippen LogP contribution in [0.5, 0.6) is 11.5 Å². The maximum Gasteiger partial charge on any atom is 0.326 e. The number of phenolic OH excluding ortho intramolecular Hbond substituents is 2. The van der Waals surface area contributed by atoms with Crippen LogP contribution in [0.1, 0.15) is 174 Å². The zero-order valence-corrected chi connectivity index (χ0v) is 82.0. The highest BCUT2D eigenvalue weighted by Crippen LogP contribution is 2.19. The lowest BCUT2D eigenvalue weighted by Crippen LogP contribution is -2.62. The number of aliphatic hydroxyl groups excluding tert-OH is 2. The van der Waals surface area contributed by atoms with Crippen LogP contribution in [0.25, 0.3) is 0 Å². The Hall–Kier alpha value is -12.5. The molecule has 16 atom stereocenters. The van der Waals surface area contributed by atoms with Crippen molar-refractivity contribution in [1.82, 2.24) is 90.4 Å². The summed E-state index contributed by atoms with van der Waals surface area (Å²) in [5, 5.41) is 120. The van der Waals surface area contributed by atoms with E-state index in [2.05, 4.69) is 90.4 Å². The number of nitrogens with one attached hydrogen (secondary N) is 19. The molecule has 39 N–H and O–H groups in total. The van der Waals surface area contributed by atoms with E-state index in [0.717, 1.165) is 6.92 Å². The maximum atomic E-state index is 14.8. The number of rotatable bonds is 72. The quantitative estimate of drug-likeness (QED) is 0.0166. The van der Waals surface area contributed by atoms with Gasteiger partial charge < -0.3 is 161 Å². The van der Waals surface area contributed by atoms with E-state index in [0.29, 0.717) is 36.1 Å². The van der Waals surface area contributed by atoms with Crippen LogP contribution < -0.4 is 131 Å². The third-order valence-electron chi connectivity index (χ3n) is 21.5. The van der Waals surface area contributed by atoms with Gasteiger partial charge in [-0.15, -0.1) is 0 Å². The number of aromatic hydroxyl groups is 2. The van der Waals surface area contributed by atoms with Crippen molar-refractivity contribution in [2.75, 3.05) is 69.9 Å². The Balaban J connectivity index is 2.60. The number of nitrogens with two attached hydrogens (primary N) is 7. The minimum absolute atomic E-state index is 0.00383. The highest BCUT2D eigenvalue weighted by atomic mass is 32.2. The van der Waals surface area contributed by atoms with E-state index in [1.165, 1.54) is 72.1 Å². The van der Waals surface area contributed by atoms with E-state index in [1.54, 1.807) is 34.0 Å². The van der Waals surface area contributed by atoms with Gasteiger partial charge in [0.2, 0.25) is 94.5 Å². The number of benzene rings is 2. The van der Waals surface area contributed by atoms with Crippen molar-refractivity contribution in [2.24, 2.45) is 52.0 Å². The molecule has 0 aliphatic heterocycles. The summed E-state index contributed by atoms with van der Waals surface area (Å²) in [6.07, 6.45) is -0.772. The molecule has 0 bridgehead atoms. The lowest BCUT2D eigenvalue weighted by Gasteiger charge is -2.29. The maximum absolute atomic E-state index is 14.8. The predicted octanol–water partition coefficient (Wildman–Crippen LogP) is -7.18. The molecule has 140 heavy (non-hydrogen) atoms. The van der Waals surface area contributed by atoms with Gasteiger partial charge in [-0.2, -0.15) is 23.5 Å². The Kier molecular flexibility index (Phi) is 59.8. The molecule has 16 amide bonds. The Morgan fingerprint density at radius 2 is 0.679 bits per heavy atom. The third kappa shape index (κ3) is 50.4. The second-order valence-corrected chi connectivity index (χ2v) is 36.4. The molecule has 0 unspecified atom stereocenters. The summed E-state index contributed by atoms with van der Waals surface area (Å²) in [5.74, 6) is -20.8.